The molecule has 2 atom stereocenters. The summed E-state index contributed by atoms with van der Waals surface area (Å²) < 4.78 is 18.0. The number of ether oxygens (including phenoxy) is 1. The van der Waals surface area contributed by atoms with E-state index in [9.17, 15) is 9.00 Å². The molecule has 1 amide bonds. The Hall–Kier alpha value is -2.09. The van der Waals surface area contributed by atoms with E-state index in [1.165, 1.54) is 11.6 Å². The first-order valence-electron chi connectivity index (χ1n) is 9.61. The zero-order valence-electron chi connectivity index (χ0n) is 16.4. The van der Waals surface area contributed by atoms with E-state index in [1.54, 1.807) is 6.07 Å². The molecule has 1 saturated heterocycles. The summed E-state index contributed by atoms with van der Waals surface area (Å²) in [4.78, 5) is 15.0. The molecular formula is C21H26ClN3O3S. The van der Waals surface area contributed by atoms with Gasteiger partial charge in [-0.1, -0.05) is 41.9 Å². The fourth-order valence-corrected chi connectivity index (χ4v) is 4.90. The molecule has 0 radical (unpaired) electrons. The molecule has 1 aliphatic heterocycles. The Bertz CT molecular complexity index is 879. The molecule has 1 aliphatic rings. The molecule has 8 heteroatoms. The van der Waals surface area contributed by atoms with Gasteiger partial charge in [0.25, 0.3) is 5.91 Å². The molecule has 0 aliphatic carbocycles. The Labute approximate surface area is 178 Å². The van der Waals surface area contributed by atoms with Crippen LogP contribution in [0.2, 0.25) is 5.02 Å². The number of hydrogen-bond donors (Lipinski definition) is 2. The third-order valence-electron chi connectivity index (χ3n) is 4.82. The molecule has 2 unspecified atom stereocenters. The van der Waals surface area contributed by atoms with Gasteiger partial charge < -0.3 is 15.8 Å². The molecule has 0 aromatic heterocycles. The molecule has 6 nitrogen and oxygen atoms in total. The fourth-order valence-electron chi connectivity index (χ4n) is 3.31. The van der Waals surface area contributed by atoms with Gasteiger partial charge in [-0.2, -0.15) is 0 Å². The van der Waals surface area contributed by atoms with Gasteiger partial charge in [-0.3, -0.25) is 13.9 Å². The second kappa shape index (κ2) is 10.1. The van der Waals surface area contributed by atoms with Crippen molar-refractivity contribution in [1.29, 1.82) is 0 Å². The van der Waals surface area contributed by atoms with Crippen LogP contribution in [0.4, 0.5) is 5.69 Å². The summed E-state index contributed by atoms with van der Waals surface area (Å²) >= 11 is 6.08. The van der Waals surface area contributed by atoms with Crippen LogP contribution in [0.1, 0.15) is 22.8 Å². The molecule has 3 rings (SSSR count). The molecule has 2 aromatic carbocycles. The van der Waals surface area contributed by atoms with E-state index in [2.05, 4.69) is 22.3 Å². The van der Waals surface area contributed by atoms with Crippen LogP contribution < -0.4 is 15.8 Å². The van der Waals surface area contributed by atoms with E-state index >= 15 is 0 Å². The highest BCUT2D eigenvalue weighted by atomic mass is 35.5. The molecule has 1 heterocycles. The summed E-state index contributed by atoms with van der Waals surface area (Å²) in [6.45, 7) is 4.83. The number of nitrogens with two attached hydrogens (primary N) is 1. The minimum absolute atomic E-state index is 0.129. The van der Waals surface area contributed by atoms with Crippen molar-refractivity contribution in [2.75, 3.05) is 37.7 Å². The second-order valence-electron chi connectivity index (χ2n) is 6.94. The summed E-state index contributed by atoms with van der Waals surface area (Å²) in [5.74, 6) is 0.681. The summed E-state index contributed by atoms with van der Waals surface area (Å²) in [5, 5.41) is 3.06. The summed E-state index contributed by atoms with van der Waals surface area (Å²) in [6.07, 6.45) is 0. The van der Waals surface area contributed by atoms with Crippen molar-refractivity contribution in [2.45, 2.75) is 18.7 Å². The number of rotatable bonds is 7. The highest BCUT2D eigenvalue weighted by Crippen LogP contribution is 2.29. The van der Waals surface area contributed by atoms with Crippen molar-refractivity contribution in [2.24, 2.45) is 0 Å². The van der Waals surface area contributed by atoms with Crippen molar-refractivity contribution in [3.05, 3.63) is 58.6 Å². The number of carbonyl (C=O) groups is 1. The van der Waals surface area contributed by atoms with Gasteiger partial charge in [0.2, 0.25) is 0 Å². The smallest absolute Gasteiger partial charge is 0.255 e. The second-order valence-corrected chi connectivity index (χ2v) is 9.18. The average Bonchev–Trinajstić information content (AvgIpc) is 2.71. The van der Waals surface area contributed by atoms with Gasteiger partial charge in [0.15, 0.2) is 0 Å². The predicted octanol–water partition coefficient (Wildman–Crippen LogP) is 2.68. The summed E-state index contributed by atoms with van der Waals surface area (Å²) in [7, 11) is -0.980. The lowest BCUT2D eigenvalue weighted by Crippen LogP contribution is -2.48. The van der Waals surface area contributed by atoms with Crippen molar-refractivity contribution in [1.82, 2.24) is 10.2 Å². The van der Waals surface area contributed by atoms with Gasteiger partial charge in [0.05, 0.1) is 28.1 Å². The molecule has 156 valence electrons. The molecule has 3 N–H and O–H groups in total. The zero-order valence-corrected chi connectivity index (χ0v) is 18.0. The SMILES string of the molecule is CCOc1cc(N)c(Cl)cc1C(=O)NCC1CN(Cc2ccccc2)CCS1=O. The van der Waals surface area contributed by atoms with Crippen LogP contribution in [0.15, 0.2) is 42.5 Å². The Morgan fingerprint density at radius 3 is 2.83 bits per heavy atom. The lowest BCUT2D eigenvalue weighted by molar-refractivity contribution is 0.0948. The minimum Gasteiger partial charge on any atom is -0.493 e. The molecule has 0 saturated carbocycles. The van der Waals surface area contributed by atoms with E-state index in [1.807, 2.05) is 25.1 Å². The number of carbonyl (C=O) groups excluding carboxylic acids is 1. The summed E-state index contributed by atoms with van der Waals surface area (Å²) in [5.41, 5.74) is 7.73. The van der Waals surface area contributed by atoms with Crippen LogP contribution in [0.25, 0.3) is 0 Å². The normalized spacial score (nSPS) is 19.7. The highest BCUT2D eigenvalue weighted by Gasteiger charge is 2.27. The third kappa shape index (κ3) is 5.72. The van der Waals surface area contributed by atoms with Crippen molar-refractivity contribution >= 4 is 34.0 Å². The van der Waals surface area contributed by atoms with Crippen LogP contribution in [0, 0.1) is 0 Å². The molecular weight excluding hydrogens is 410 g/mol. The van der Waals surface area contributed by atoms with Crippen LogP contribution >= 0.6 is 11.6 Å². The molecule has 1 fully saturated rings. The zero-order chi connectivity index (χ0) is 20.8. The van der Waals surface area contributed by atoms with E-state index < -0.39 is 10.8 Å². The van der Waals surface area contributed by atoms with Crippen LogP contribution in [-0.4, -0.2) is 52.3 Å². The third-order valence-corrected chi connectivity index (χ3v) is 6.80. The number of benzene rings is 2. The van der Waals surface area contributed by atoms with E-state index in [4.69, 9.17) is 22.1 Å². The Morgan fingerprint density at radius 1 is 1.34 bits per heavy atom. The highest BCUT2D eigenvalue weighted by molar-refractivity contribution is 7.85. The quantitative estimate of drug-likeness (QED) is 0.653. The van der Waals surface area contributed by atoms with Gasteiger partial charge in [0.1, 0.15) is 5.75 Å². The maximum Gasteiger partial charge on any atom is 0.255 e. The number of nitrogens with one attached hydrogen (secondary N) is 1. The number of nitrogens with zero attached hydrogens (tertiary/aromatic N) is 1. The fraction of sp³-hybridized carbons (Fsp3) is 0.381. The molecule has 2 aromatic rings. The Balaban J connectivity index is 1.63. The van der Waals surface area contributed by atoms with Gasteiger partial charge in [0, 0.05) is 48.8 Å². The number of anilines is 1. The number of amides is 1. The van der Waals surface area contributed by atoms with Gasteiger partial charge in [-0.15, -0.1) is 0 Å². The maximum absolute atomic E-state index is 12.7. The van der Waals surface area contributed by atoms with Crippen molar-refractivity contribution in [3.8, 4) is 5.75 Å². The first-order valence-corrected chi connectivity index (χ1v) is 11.4. The Morgan fingerprint density at radius 2 is 2.10 bits per heavy atom. The van der Waals surface area contributed by atoms with Crippen LogP contribution in [0.3, 0.4) is 0 Å². The Kier molecular flexibility index (Phi) is 7.52. The molecule has 29 heavy (non-hydrogen) atoms. The van der Waals surface area contributed by atoms with Crippen LogP contribution in [0.5, 0.6) is 5.75 Å². The van der Waals surface area contributed by atoms with E-state index in [-0.39, 0.29) is 11.2 Å². The van der Waals surface area contributed by atoms with Gasteiger partial charge in [-0.25, -0.2) is 0 Å². The number of halogens is 1. The standard InChI is InChI=1S/C21H26ClN3O3S/c1-2-28-20-11-19(23)18(22)10-17(20)21(26)24-12-16-14-25(8-9-29(16)27)13-15-6-4-3-5-7-15/h3-7,10-11,16H,2,8-9,12-14,23H2,1H3,(H,24,26). The topological polar surface area (TPSA) is 84.7 Å². The monoisotopic (exact) mass is 435 g/mol. The first-order chi connectivity index (χ1) is 14.0. The lowest BCUT2D eigenvalue weighted by atomic mass is 10.1. The molecule has 0 bridgehead atoms. The predicted molar refractivity (Wildman–Crippen MR) is 118 cm³/mol. The molecule has 0 spiro atoms. The van der Waals surface area contributed by atoms with Crippen LogP contribution in [-0.2, 0) is 17.3 Å². The maximum atomic E-state index is 12.7. The largest absolute Gasteiger partial charge is 0.493 e. The number of hydrogen-bond acceptors (Lipinski definition) is 5. The first kappa shape index (κ1) is 21.6. The van der Waals surface area contributed by atoms with Gasteiger partial charge >= 0.3 is 0 Å². The van der Waals surface area contributed by atoms with Gasteiger partial charge in [-0.05, 0) is 18.6 Å². The average molecular weight is 436 g/mol. The number of nitrogen functional groups attached to an aromatic ring is 1. The van der Waals surface area contributed by atoms with Crippen molar-refractivity contribution < 1.29 is 13.7 Å². The lowest BCUT2D eigenvalue weighted by Gasteiger charge is -2.32. The van der Waals surface area contributed by atoms with Crippen molar-refractivity contribution in [3.63, 3.8) is 0 Å². The van der Waals surface area contributed by atoms with E-state index in [0.29, 0.717) is 47.5 Å². The summed E-state index contributed by atoms with van der Waals surface area (Å²) in [6, 6.07) is 13.3. The van der Waals surface area contributed by atoms with E-state index in [0.717, 1.165) is 13.1 Å². The minimum atomic E-state index is -0.980.